The fraction of sp³-hybridized carbons (Fsp3) is 0.250. The lowest BCUT2D eigenvalue weighted by molar-refractivity contribution is 0.0984. The molecule has 1 aromatic heterocycles. The Labute approximate surface area is 130 Å². The van der Waals surface area contributed by atoms with Crippen LogP contribution in [0.25, 0.3) is 0 Å². The molecule has 110 valence electrons. The van der Waals surface area contributed by atoms with E-state index < -0.39 is 0 Å². The fourth-order valence-corrected chi connectivity index (χ4v) is 2.56. The van der Waals surface area contributed by atoms with Gasteiger partial charge in [-0.1, -0.05) is 0 Å². The Morgan fingerprint density at radius 2 is 2.19 bits per heavy atom. The van der Waals surface area contributed by atoms with E-state index in [4.69, 9.17) is 4.74 Å². The molecular formula is C16H17ClN2O2. The normalized spacial score (nSPS) is 13.1. The number of halogens is 1. The summed E-state index contributed by atoms with van der Waals surface area (Å²) in [6.45, 7) is 0.743. The van der Waals surface area contributed by atoms with E-state index in [1.807, 2.05) is 23.1 Å². The largest absolute Gasteiger partial charge is 0.497 e. The molecule has 5 heteroatoms. The molecule has 0 aliphatic carbocycles. The van der Waals surface area contributed by atoms with Gasteiger partial charge in [-0.15, -0.1) is 12.4 Å². The Balaban J connectivity index is 0.00000161. The molecule has 3 rings (SSSR count). The standard InChI is InChI=1S/C16H16N2O2.ClH/c1-20-14-6-7-15-12(10-14)5-3-9-18(15)16(19)13-4-2-8-17-11-13;/h2,4,6-8,10-11H,3,5,9H2,1H3;1H. The lowest BCUT2D eigenvalue weighted by Crippen LogP contribution is -2.35. The van der Waals surface area contributed by atoms with Crippen LogP contribution >= 0.6 is 12.4 Å². The van der Waals surface area contributed by atoms with Crippen molar-refractivity contribution in [2.24, 2.45) is 0 Å². The van der Waals surface area contributed by atoms with E-state index in [0.717, 1.165) is 36.4 Å². The quantitative estimate of drug-likeness (QED) is 0.856. The summed E-state index contributed by atoms with van der Waals surface area (Å²) in [5.41, 5.74) is 2.76. The minimum atomic E-state index is 0. The van der Waals surface area contributed by atoms with Gasteiger partial charge >= 0.3 is 0 Å². The first-order chi connectivity index (χ1) is 9.79. The highest BCUT2D eigenvalue weighted by Crippen LogP contribution is 2.31. The summed E-state index contributed by atoms with van der Waals surface area (Å²) in [5.74, 6) is 0.837. The van der Waals surface area contributed by atoms with E-state index in [1.54, 1.807) is 31.6 Å². The number of ether oxygens (including phenoxy) is 1. The van der Waals surface area contributed by atoms with Crippen molar-refractivity contribution in [1.82, 2.24) is 4.98 Å². The van der Waals surface area contributed by atoms with Crippen LogP contribution in [0.15, 0.2) is 42.7 Å². The average molecular weight is 305 g/mol. The van der Waals surface area contributed by atoms with Crippen molar-refractivity contribution in [3.05, 3.63) is 53.9 Å². The molecule has 0 N–H and O–H groups in total. The van der Waals surface area contributed by atoms with Crippen molar-refractivity contribution in [3.63, 3.8) is 0 Å². The zero-order valence-corrected chi connectivity index (χ0v) is 12.6. The molecular weight excluding hydrogens is 288 g/mol. The van der Waals surface area contributed by atoms with Crippen molar-refractivity contribution >= 4 is 24.0 Å². The number of pyridine rings is 1. The Morgan fingerprint density at radius 3 is 2.90 bits per heavy atom. The number of hydrogen-bond donors (Lipinski definition) is 0. The van der Waals surface area contributed by atoms with Gasteiger partial charge < -0.3 is 9.64 Å². The lowest BCUT2D eigenvalue weighted by atomic mass is 10.0. The second-order valence-corrected chi connectivity index (χ2v) is 4.80. The van der Waals surface area contributed by atoms with Crippen LogP contribution in [-0.4, -0.2) is 24.5 Å². The molecule has 1 aliphatic heterocycles. The first-order valence-corrected chi connectivity index (χ1v) is 6.68. The van der Waals surface area contributed by atoms with E-state index in [-0.39, 0.29) is 18.3 Å². The molecule has 0 fully saturated rings. The first kappa shape index (κ1) is 15.3. The van der Waals surface area contributed by atoms with Gasteiger partial charge in [0, 0.05) is 24.6 Å². The maximum Gasteiger partial charge on any atom is 0.259 e. The van der Waals surface area contributed by atoms with Gasteiger partial charge in [-0.2, -0.15) is 0 Å². The van der Waals surface area contributed by atoms with Crippen LogP contribution in [-0.2, 0) is 6.42 Å². The maximum absolute atomic E-state index is 12.6. The van der Waals surface area contributed by atoms with Gasteiger partial charge in [0.2, 0.25) is 0 Å². The number of methoxy groups -OCH3 is 1. The van der Waals surface area contributed by atoms with Gasteiger partial charge in [0.1, 0.15) is 5.75 Å². The van der Waals surface area contributed by atoms with E-state index in [9.17, 15) is 4.79 Å². The Bertz CT molecular complexity index is 631. The SMILES string of the molecule is COc1ccc2c(c1)CCCN2C(=O)c1cccnc1.Cl. The average Bonchev–Trinajstić information content (AvgIpc) is 2.54. The number of rotatable bonds is 2. The van der Waals surface area contributed by atoms with Gasteiger partial charge in [0.15, 0.2) is 0 Å². The van der Waals surface area contributed by atoms with Gasteiger partial charge in [0.05, 0.1) is 12.7 Å². The van der Waals surface area contributed by atoms with Gasteiger partial charge in [0.25, 0.3) is 5.91 Å². The number of benzene rings is 1. The van der Waals surface area contributed by atoms with Gasteiger partial charge in [-0.25, -0.2) is 0 Å². The number of fused-ring (bicyclic) bond motifs is 1. The monoisotopic (exact) mass is 304 g/mol. The molecule has 2 heterocycles. The summed E-state index contributed by atoms with van der Waals surface area (Å²) in [6.07, 6.45) is 5.22. The van der Waals surface area contributed by atoms with Crippen LogP contribution in [0, 0.1) is 0 Å². The third kappa shape index (κ3) is 3.00. The third-order valence-corrected chi connectivity index (χ3v) is 3.56. The molecule has 0 saturated carbocycles. The zero-order chi connectivity index (χ0) is 13.9. The summed E-state index contributed by atoms with van der Waals surface area (Å²) >= 11 is 0. The first-order valence-electron chi connectivity index (χ1n) is 6.68. The second kappa shape index (κ2) is 6.59. The minimum Gasteiger partial charge on any atom is -0.497 e. The molecule has 0 atom stereocenters. The minimum absolute atomic E-state index is 0. The molecule has 2 aromatic rings. The molecule has 1 amide bonds. The number of nitrogens with zero attached hydrogens (tertiary/aromatic N) is 2. The summed E-state index contributed by atoms with van der Waals surface area (Å²) in [4.78, 5) is 18.4. The number of carbonyl (C=O) groups excluding carboxylic acids is 1. The summed E-state index contributed by atoms with van der Waals surface area (Å²) in [7, 11) is 1.66. The van der Waals surface area contributed by atoms with E-state index >= 15 is 0 Å². The zero-order valence-electron chi connectivity index (χ0n) is 11.8. The highest BCUT2D eigenvalue weighted by atomic mass is 35.5. The van der Waals surface area contributed by atoms with Crippen LogP contribution in [0.1, 0.15) is 22.3 Å². The van der Waals surface area contributed by atoms with Crippen molar-refractivity contribution in [1.29, 1.82) is 0 Å². The van der Waals surface area contributed by atoms with Crippen molar-refractivity contribution in [2.75, 3.05) is 18.6 Å². The Kier molecular flexibility index (Phi) is 4.81. The van der Waals surface area contributed by atoms with Crippen LogP contribution in [0.3, 0.4) is 0 Å². The van der Waals surface area contributed by atoms with E-state index in [1.165, 1.54) is 0 Å². The van der Waals surface area contributed by atoms with Crippen LogP contribution in [0.4, 0.5) is 5.69 Å². The Hall–Kier alpha value is -2.07. The summed E-state index contributed by atoms with van der Waals surface area (Å²) < 4.78 is 5.25. The molecule has 0 saturated heterocycles. The molecule has 1 aromatic carbocycles. The van der Waals surface area contributed by atoms with Crippen LogP contribution in [0.5, 0.6) is 5.75 Å². The predicted octanol–water partition coefficient (Wildman–Crippen LogP) is 3.11. The highest BCUT2D eigenvalue weighted by molar-refractivity contribution is 6.06. The molecule has 0 radical (unpaired) electrons. The second-order valence-electron chi connectivity index (χ2n) is 4.80. The van der Waals surface area contributed by atoms with E-state index in [0.29, 0.717) is 5.56 Å². The van der Waals surface area contributed by atoms with Crippen LogP contribution in [0.2, 0.25) is 0 Å². The highest BCUT2D eigenvalue weighted by Gasteiger charge is 2.23. The number of carbonyl (C=O) groups is 1. The molecule has 4 nitrogen and oxygen atoms in total. The van der Waals surface area contributed by atoms with Gasteiger partial charge in [-0.3, -0.25) is 9.78 Å². The number of hydrogen-bond acceptors (Lipinski definition) is 3. The number of amides is 1. The van der Waals surface area contributed by atoms with Crippen molar-refractivity contribution in [2.45, 2.75) is 12.8 Å². The molecule has 0 bridgehead atoms. The molecule has 1 aliphatic rings. The maximum atomic E-state index is 12.6. The van der Waals surface area contributed by atoms with Crippen molar-refractivity contribution < 1.29 is 9.53 Å². The fourth-order valence-electron chi connectivity index (χ4n) is 2.56. The Morgan fingerprint density at radius 1 is 1.33 bits per heavy atom. The topological polar surface area (TPSA) is 42.4 Å². The molecule has 0 unspecified atom stereocenters. The van der Waals surface area contributed by atoms with E-state index in [2.05, 4.69) is 4.98 Å². The molecule has 21 heavy (non-hydrogen) atoms. The molecule has 0 spiro atoms. The number of aryl methyl sites for hydroxylation is 1. The summed E-state index contributed by atoms with van der Waals surface area (Å²) in [6, 6.07) is 9.45. The lowest BCUT2D eigenvalue weighted by Gasteiger charge is -2.29. The third-order valence-electron chi connectivity index (χ3n) is 3.56. The number of aromatic nitrogens is 1. The van der Waals surface area contributed by atoms with Crippen molar-refractivity contribution in [3.8, 4) is 5.75 Å². The van der Waals surface area contributed by atoms with Crippen LogP contribution < -0.4 is 9.64 Å². The smallest absolute Gasteiger partial charge is 0.259 e. The van der Waals surface area contributed by atoms with Gasteiger partial charge in [-0.05, 0) is 48.7 Å². The predicted molar refractivity (Wildman–Crippen MR) is 84.5 cm³/mol. The number of anilines is 1. The summed E-state index contributed by atoms with van der Waals surface area (Å²) in [5, 5.41) is 0.